The van der Waals surface area contributed by atoms with Gasteiger partial charge in [-0.05, 0) is 48.2 Å². The predicted octanol–water partition coefficient (Wildman–Crippen LogP) is 5.79. The molecule has 4 aromatic rings. The van der Waals surface area contributed by atoms with Gasteiger partial charge in [-0.2, -0.15) is 5.10 Å². The number of ether oxygens (including phenoxy) is 1. The van der Waals surface area contributed by atoms with Gasteiger partial charge in [0.15, 0.2) is 0 Å². The molecule has 0 fully saturated rings. The van der Waals surface area contributed by atoms with Crippen molar-refractivity contribution in [3.8, 4) is 5.75 Å². The SMILES string of the molecule is Cc1ccc(OCc2csc(C(=O)Nc3cccc(Cn4cc(Cl)cn4)c3)c2)cc1. The lowest BCUT2D eigenvalue weighted by atomic mass is 10.2. The fourth-order valence-corrected chi connectivity index (χ4v) is 3.87. The molecule has 0 radical (unpaired) electrons. The second-order valence-electron chi connectivity index (χ2n) is 6.93. The van der Waals surface area contributed by atoms with Crippen molar-refractivity contribution in [2.75, 3.05) is 5.32 Å². The summed E-state index contributed by atoms with van der Waals surface area (Å²) in [7, 11) is 0. The summed E-state index contributed by atoms with van der Waals surface area (Å²) < 4.78 is 7.54. The van der Waals surface area contributed by atoms with Crippen LogP contribution in [0.4, 0.5) is 5.69 Å². The van der Waals surface area contributed by atoms with Gasteiger partial charge < -0.3 is 10.1 Å². The van der Waals surface area contributed by atoms with Gasteiger partial charge in [0, 0.05) is 17.4 Å². The first-order valence-corrected chi connectivity index (χ1v) is 10.7. The van der Waals surface area contributed by atoms with Gasteiger partial charge in [0.25, 0.3) is 5.91 Å². The zero-order valence-electron chi connectivity index (χ0n) is 16.3. The number of aryl methyl sites for hydroxylation is 1. The molecule has 2 aromatic carbocycles. The average molecular weight is 438 g/mol. The zero-order valence-corrected chi connectivity index (χ0v) is 17.9. The van der Waals surface area contributed by atoms with Gasteiger partial charge in [-0.1, -0.05) is 41.4 Å². The van der Waals surface area contributed by atoms with Crippen LogP contribution >= 0.6 is 22.9 Å². The minimum absolute atomic E-state index is 0.138. The van der Waals surface area contributed by atoms with E-state index >= 15 is 0 Å². The third kappa shape index (κ3) is 5.28. The molecule has 1 amide bonds. The molecule has 0 atom stereocenters. The Bertz CT molecular complexity index is 1150. The maximum Gasteiger partial charge on any atom is 0.265 e. The van der Waals surface area contributed by atoms with Crippen LogP contribution in [0.2, 0.25) is 5.02 Å². The highest BCUT2D eigenvalue weighted by atomic mass is 35.5. The quantitative estimate of drug-likeness (QED) is 0.398. The van der Waals surface area contributed by atoms with Crippen LogP contribution in [0, 0.1) is 6.92 Å². The lowest BCUT2D eigenvalue weighted by Crippen LogP contribution is -2.10. The molecule has 0 aliphatic carbocycles. The maximum absolute atomic E-state index is 12.6. The molecule has 5 nitrogen and oxygen atoms in total. The number of hydrogen-bond acceptors (Lipinski definition) is 4. The molecule has 0 spiro atoms. The first-order chi connectivity index (χ1) is 14.5. The minimum atomic E-state index is -0.138. The first-order valence-electron chi connectivity index (χ1n) is 9.40. The van der Waals surface area contributed by atoms with E-state index in [4.69, 9.17) is 16.3 Å². The van der Waals surface area contributed by atoms with Crippen molar-refractivity contribution in [1.82, 2.24) is 9.78 Å². The third-order valence-corrected chi connectivity index (χ3v) is 5.61. The van der Waals surface area contributed by atoms with Crippen molar-refractivity contribution in [1.29, 1.82) is 0 Å². The highest BCUT2D eigenvalue weighted by Crippen LogP contribution is 2.20. The van der Waals surface area contributed by atoms with Crippen LogP contribution < -0.4 is 10.1 Å². The van der Waals surface area contributed by atoms with Crippen LogP contribution in [-0.4, -0.2) is 15.7 Å². The molecule has 0 aliphatic rings. The van der Waals surface area contributed by atoms with E-state index in [0.29, 0.717) is 23.1 Å². The van der Waals surface area contributed by atoms with Gasteiger partial charge in [-0.25, -0.2) is 0 Å². The monoisotopic (exact) mass is 437 g/mol. The Morgan fingerprint density at radius 1 is 1.17 bits per heavy atom. The summed E-state index contributed by atoms with van der Waals surface area (Å²) in [4.78, 5) is 13.3. The summed E-state index contributed by atoms with van der Waals surface area (Å²) in [5, 5.41) is 9.68. The Kier molecular flexibility index (Phi) is 6.16. The van der Waals surface area contributed by atoms with Crippen molar-refractivity contribution in [2.24, 2.45) is 0 Å². The van der Waals surface area contributed by atoms with Crippen molar-refractivity contribution in [3.05, 3.63) is 99.0 Å². The lowest BCUT2D eigenvalue weighted by Gasteiger charge is -2.07. The second kappa shape index (κ2) is 9.15. The van der Waals surface area contributed by atoms with E-state index in [2.05, 4.69) is 10.4 Å². The van der Waals surface area contributed by atoms with Crippen molar-refractivity contribution < 1.29 is 9.53 Å². The molecule has 0 unspecified atom stereocenters. The van der Waals surface area contributed by atoms with Crippen molar-refractivity contribution >= 4 is 34.5 Å². The van der Waals surface area contributed by atoms with E-state index in [1.54, 1.807) is 17.1 Å². The molecule has 2 heterocycles. The second-order valence-corrected chi connectivity index (χ2v) is 8.28. The number of nitrogens with zero attached hydrogens (tertiary/aromatic N) is 2. The Morgan fingerprint density at radius 3 is 2.77 bits per heavy atom. The van der Waals surface area contributed by atoms with Gasteiger partial charge in [-0.15, -0.1) is 11.3 Å². The molecule has 0 bridgehead atoms. The summed E-state index contributed by atoms with van der Waals surface area (Å²) in [5.41, 5.74) is 3.91. The lowest BCUT2D eigenvalue weighted by molar-refractivity contribution is 0.103. The molecule has 30 heavy (non-hydrogen) atoms. The van der Waals surface area contributed by atoms with Gasteiger partial charge >= 0.3 is 0 Å². The topological polar surface area (TPSA) is 56.1 Å². The number of nitrogens with one attached hydrogen (secondary N) is 1. The van der Waals surface area contributed by atoms with Gasteiger partial charge in [-0.3, -0.25) is 9.48 Å². The van der Waals surface area contributed by atoms with Crippen LogP contribution in [0.1, 0.15) is 26.4 Å². The fraction of sp³-hybridized carbons (Fsp3) is 0.130. The molecule has 4 rings (SSSR count). The van der Waals surface area contributed by atoms with Crippen LogP contribution in [0.15, 0.2) is 72.4 Å². The number of carbonyl (C=O) groups excluding carboxylic acids is 1. The van der Waals surface area contributed by atoms with Gasteiger partial charge in [0.2, 0.25) is 0 Å². The number of amides is 1. The molecule has 1 N–H and O–H groups in total. The largest absolute Gasteiger partial charge is 0.489 e. The highest BCUT2D eigenvalue weighted by molar-refractivity contribution is 7.12. The predicted molar refractivity (Wildman–Crippen MR) is 121 cm³/mol. The van der Waals surface area contributed by atoms with Gasteiger partial charge in [0.1, 0.15) is 12.4 Å². The first kappa shape index (κ1) is 20.2. The van der Waals surface area contributed by atoms with E-state index in [-0.39, 0.29) is 5.91 Å². The molecular formula is C23H20ClN3O2S. The Morgan fingerprint density at radius 2 is 2.00 bits per heavy atom. The molecule has 7 heteroatoms. The summed E-state index contributed by atoms with van der Waals surface area (Å²) in [6.07, 6.45) is 3.36. The summed E-state index contributed by atoms with van der Waals surface area (Å²) in [5.74, 6) is 0.675. The molecule has 0 aliphatic heterocycles. The number of benzene rings is 2. The van der Waals surface area contributed by atoms with Crippen LogP contribution in [0.25, 0.3) is 0 Å². The maximum atomic E-state index is 12.6. The van der Waals surface area contributed by atoms with Crippen LogP contribution in [0.5, 0.6) is 5.75 Å². The normalized spacial score (nSPS) is 10.7. The molecule has 0 saturated heterocycles. The number of hydrogen-bond donors (Lipinski definition) is 1. The average Bonchev–Trinajstić information content (AvgIpc) is 3.37. The van der Waals surface area contributed by atoms with E-state index in [1.807, 2.05) is 66.9 Å². The van der Waals surface area contributed by atoms with Crippen molar-refractivity contribution in [3.63, 3.8) is 0 Å². The standard InChI is InChI=1S/C23H20ClN3O2S/c1-16-5-7-21(8-6-16)29-14-18-10-22(30-15-18)23(28)26-20-4-2-3-17(9-20)12-27-13-19(24)11-25-27/h2-11,13,15H,12,14H2,1H3,(H,26,28). The number of anilines is 1. The Hall–Kier alpha value is -3.09. The van der Waals surface area contributed by atoms with E-state index in [9.17, 15) is 4.79 Å². The number of rotatable bonds is 7. The number of aromatic nitrogens is 2. The smallest absolute Gasteiger partial charge is 0.265 e. The minimum Gasteiger partial charge on any atom is -0.489 e. The zero-order chi connectivity index (χ0) is 20.9. The molecule has 0 saturated carbocycles. The molecular weight excluding hydrogens is 418 g/mol. The van der Waals surface area contributed by atoms with Crippen molar-refractivity contribution in [2.45, 2.75) is 20.1 Å². The number of halogens is 1. The molecule has 2 aromatic heterocycles. The molecule has 152 valence electrons. The van der Waals surface area contributed by atoms with E-state index < -0.39 is 0 Å². The van der Waals surface area contributed by atoms with Gasteiger partial charge in [0.05, 0.1) is 22.6 Å². The third-order valence-electron chi connectivity index (χ3n) is 4.44. The van der Waals surface area contributed by atoms with E-state index in [0.717, 1.165) is 22.6 Å². The fourth-order valence-electron chi connectivity index (χ4n) is 2.92. The Labute approximate surface area is 183 Å². The van der Waals surface area contributed by atoms with E-state index in [1.165, 1.54) is 16.9 Å². The van der Waals surface area contributed by atoms with Crippen LogP contribution in [-0.2, 0) is 13.2 Å². The number of thiophene rings is 1. The summed E-state index contributed by atoms with van der Waals surface area (Å²) in [6.45, 7) is 3.04. The number of carbonyl (C=O) groups is 1. The van der Waals surface area contributed by atoms with Crippen LogP contribution in [0.3, 0.4) is 0 Å². The Balaban J connectivity index is 1.36. The highest BCUT2D eigenvalue weighted by Gasteiger charge is 2.11. The summed E-state index contributed by atoms with van der Waals surface area (Å²) in [6, 6.07) is 17.5. The summed E-state index contributed by atoms with van der Waals surface area (Å²) >= 11 is 7.32.